The number of Topliss-reactive ketones (excluding diaryl/α,β-unsaturated/α-hetero) is 1. The Morgan fingerprint density at radius 3 is 2.17 bits per heavy atom. The van der Waals surface area contributed by atoms with Gasteiger partial charge in [-0.3, -0.25) is 4.79 Å². The van der Waals surface area contributed by atoms with Crippen LogP contribution in [0.2, 0.25) is 0 Å². The van der Waals surface area contributed by atoms with Crippen molar-refractivity contribution in [3.8, 4) is 0 Å². The first-order chi connectivity index (χ1) is 8.56. The van der Waals surface area contributed by atoms with Crippen LogP contribution in [0.4, 0.5) is 13.2 Å². The number of rotatable bonds is 3. The number of benzene rings is 2. The molecule has 0 amide bonds. The Bertz CT molecular complexity index is 573. The number of carbonyl (C=O) groups is 1. The molecule has 0 saturated carbocycles. The van der Waals surface area contributed by atoms with Crippen molar-refractivity contribution in [2.45, 2.75) is 6.42 Å². The molecular weight excluding hydrogens is 241 g/mol. The molecule has 4 heteroatoms. The Kier molecular flexibility index (Phi) is 3.46. The molecule has 0 heterocycles. The zero-order chi connectivity index (χ0) is 13.1. The van der Waals surface area contributed by atoms with Crippen molar-refractivity contribution in [2.75, 3.05) is 0 Å². The van der Waals surface area contributed by atoms with Crippen LogP contribution in [0, 0.1) is 17.5 Å². The summed E-state index contributed by atoms with van der Waals surface area (Å²) in [5, 5.41) is 0. The third-order valence-corrected chi connectivity index (χ3v) is 2.49. The SMILES string of the molecule is O=C(Cc1ccccc1F)c1cc(F)cc(F)c1. The molecule has 92 valence electrons. The fraction of sp³-hybridized carbons (Fsp3) is 0.0714. The molecule has 1 nitrogen and oxygen atoms in total. The van der Waals surface area contributed by atoms with Crippen molar-refractivity contribution in [3.05, 3.63) is 71.0 Å². The van der Waals surface area contributed by atoms with E-state index in [1.807, 2.05) is 0 Å². The maximum absolute atomic E-state index is 13.3. The van der Waals surface area contributed by atoms with E-state index in [1.165, 1.54) is 18.2 Å². The summed E-state index contributed by atoms with van der Waals surface area (Å²) >= 11 is 0. The molecule has 0 aliphatic rings. The van der Waals surface area contributed by atoms with E-state index in [1.54, 1.807) is 6.07 Å². The van der Waals surface area contributed by atoms with Crippen molar-refractivity contribution >= 4 is 5.78 Å². The van der Waals surface area contributed by atoms with Gasteiger partial charge in [0, 0.05) is 18.1 Å². The highest BCUT2D eigenvalue weighted by Gasteiger charge is 2.12. The third kappa shape index (κ3) is 2.77. The minimum absolute atomic E-state index is 0.101. The second-order valence-corrected chi connectivity index (χ2v) is 3.85. The van der Waals surface area contributed by atoms with E-state index in [0.29, 0.717) is 6.07 Å². The zero-order valence-electron chi connectivity index (χ0n) is 9.29. The average Bonchev–Trinajstić information content (AvgIpc) is 2.31. The Morgan fingerprint density at radius 1 is 0.944 bits per heavy atom. The fourth-order valence-corrected chi connectivity index (χ4v) is 1.63. The predicted octanol–water partition coefficient (Wildman–Crippen LogP) is 3.53. The van der Waals surface area contributed by atoms with Crippen LogP contribution in [0.25, 0.3) is 0 Å². The van der Waals surface area contributed by atoms with E-state index >= 15 is 0 Å². The number of hydrogen-bond acceptors (Lipinski definition) is 1. The molecule has 0 bridgehead atoms. The summed E-state index contributed by atoms with van der Waals surface area (Å²) in [7, 11) is 0. The highest BCUT2D eigenvalue weighted by Crippen LogP contribution is 2.13. The van der Waals surface area contributed by atoms with E-state index in [4.69, 9.17) is 0 Å². The summed E-state index contributed by atoms with van der Waals surface area (Å²) in [6, 6.07) is 8.35. The van der Waals surface area contributed by atoms with Crippen molar-refractivity contribution in [1.29, 1.82) is 0 Å². The molecule has 2 aromatic rings. The van der Waals surface area contributed by atoms with Gasteiger partial charge in [-0.05, 0) is 23.8 Å². The topological polar surface area (TPSA) is 17.1 Å². The van der Waals surface area contributed by atoms with Gasteiger partial charge < -0.3 is 0 Å². The summed E-state index contributed by atoms with van der Waals surface area (Å²) in [6.07, 6.45) is -0.227. The van der Waals surface area contributed by atoms with Gasteiger partial charge in [-0.25, -0.2) is 13.2 Å². The molecule has 0 fully saturated rings. The van der Waals surface area contributed by atoms with Gasteiger partial charge in [0.15, 0.2) is 5.78 Å². The lowest BCUT2D eigenvalue weighted by Crippen LogP contribution is -2.06. The summed E-state index contributed by atoms with van der Waals surface area (Å²) in [6.45, 7) is 0. The Balaban J connectivity index is 2.25. The molecule has 0 aliphatic heterocycles. The third-order valence-electron chi connectivity index (χ3n) is 2.49. The van der Waals surface area contributed by atoms with Crippen LogP contribution in [-0.4, -0.2) is 5.78 Å². The maximum Gasteiger partial charge on any atom is 0.167 e. The maximum atomic E-state index is 13.3. The molecule has 0 spiro atoms. The highest BCUT2D eigenvalue weighted by molar-refractivity contribution is 5.97. The van der Waals surface area contributed by atoms with Crippen molar-refractivity contribution < 1.29 is 18.0 Å². The molecule has 0 saturated heterocycles. The van der Waals surface area contributed by atoms with E-state index in [2.05, 4.69) is 0 Å². The quantitative estimate of drug-likeness (QED) is 0.761. The first-order valence-electron chi connectivity index (χ1n) is 5.29. The summed E-state index contributed by atoms with van der Waals surface area (Å²) in [4.78, 5) is 11.8. The predicted molar refractivity (Wildman–Crippen MR) is 60.8 cm³/mol. The minimum Gasteiger partial charge on any atom is -0.294 e. The number of ketones is 1. The minimum atomic E-state index is -0.827. The normalized spacial score (nSPS) is 10.4. The van der Waals surface area contributed by atoms with E-state index in [9.17, 15) is 18.0 Å². The molecule has 0 aliphatic carbocycles. The van der Waals surface area contributed by atoms with Gasteiger partial charge >= 0.3 is 0 Å². The standard InChI is InChI=1S/C14H9F3O/c15-11-5-10(6-12(16)8-11)14(18)7-9-3-1-2-4-13(9)17/h1-6,8H,7H2. The molecule has 0 atom stereocenters. The van der Waals surface area contributed by atoms with Crippen LogP contribution in [0.15, 0.2) is 42.5 Å². The van der Waals surface area contributed by atoms with Gasteiger partial charge in [0.1, 0.15) is 17.5 Å². The molecule has 2 aromatic carbocycles. The van der Waals surface area contributed by atoms with Crippen molar-refractivity contribution in [1.82, 2.24) is 0 Å². The summed E-state index contributed by atoms with van der Waals surface area (Å²) < 4.78 is 39.2. The fourth-order valence-electron chi connectivity index (χ4n) is 1.63. The molecular formula is C14H9F3O. The van der Waals surface area contributed by atoms with Crippen LogP contribution in [0.3, 0.4) is 0 Å². The average molecular weight is 250 g/mol. The van der Waals surface area contributed by atoms with E-state index in [0.717, 1.165) is 12.1 Å². The first-order valence-corrected chi connectivity index (χ1v) is 5.29. The van der Waals surface area contributed by atoms with Crippen molar-refractivity contribution in [3.63, 3.8) is 0 Å². The zero-order valence-corrected chi connectivity index (χ0v) is 9.29. The number of hydrogen-bond donors (Lipinski definition) is 0. The molecule has 18 heavy (non-hydrogen) atoms. The second-order valence-electron chi connectivity index (χ2n) is 3.85. The number of carbonyl (C=O) groups excluding carboxylic acids is 1. The van der Waals surface area contributed by atoms with Gasteiger partial charge in [-0.2, -0.15) is 0 Å². The van der Waals surface area contributed by atoms with E-state index in [-0.39, 0.29) is 17.5 Å². The Morgan fingerprint density at radius 2 is 1.56 bits per heavy atom. The lowest BCUT2D eigenvalue weighted by Gasteiger charge is -2.03. The van der Waals surface area contributed by atoms with Gasteiger partial charge in [0.2, 0.25) is 0 Å². The van der Waals surface area contributed by atoms with Gasteiger partial charge in [-0.15, -0.1) is 0 Å². The molecule has 0 N–H and O–H groups in total. The Hall–Kier alpha value is -2.10. The summed E-state index contributed by atoms with van der Waals surface area (Å²) in [5.74, 6) is -2.69. The van der Waals surface area contributed by atoms with Crippen LogP contribution < -0.4 is 0 Å². The van der Waals surface area contributed by atoms with Crippen LogP contribution in [0.1, 0.15) is 15.9 Å². The largest absolute Gasteiger partial charge is 0.294 e. The smallest absolute Gasteiger partial charge is 0.167 e. The highest BCUT2D eigenvalue weighted by atomic mass is 19.1. The number of halogens is 3. The first kappa shape index (κ1) is 12.4. The van der Waals surface area contributed by atoms with Gasteiger partial charge in [0.25, 0.3) is 0 Å². The molecule has 0 unspecified atom stereocenters. The van der Waals surface area contributed by atoms with Gasteiger partial charge in [0.05, 0.1) is 0 Å². The monoisotopic (exact) mass is 250 g/mol. The van der Waals surface area contributed by atoms with Crippen LogP contribution >= 0.6 is 0 Å². The van der Waals surface area contributed by atoms with Gasteiger partial charge in [-0.1, -0.05) is 18.2 Å². The van der Waals surface area contributed by atoms with Crippen molar-refractivity contribution in [2.24, 2.45) is 0 Å². The van der Waals surface area contributed by atoms with Crippen LogP contribution in [-0.2, 0) is 6.42 Å². The molecule has 0 aromatic heterocycles. The molecule has 2 rings (SSSR count). The summed E-state index contributed by atoms with van der Waals surface area (Å²) in [5.41, 5.74) is 0.0999. The van der Waals surface area contributed by atoms with E-state index < -0.39 is 23.2 Å². The molecule has 0 radical (unpaired) electrons. The lowest BCUT2D eigenvalue weighted by molar-refractivity contribution is 0.0991. The lowest BCUT2D eigenvalue weighted by atomic mass is 10.0. The second kappa shape index (κ2) is 5.04. The van der Waals surface area contributed by atoms with Crippen LogP contribution in [0.5, 0.6) is 0 Å². The Labute approximate surface area is 102 Å².